The van der Waals surface area contributed by atoms with Gasteiger partial charge in [-0.3, -0.25) is 24.1 Å². The second kappa shape index (κ2) is 11.3. The highest BCUT2D eigenvalue weighted by molar-refractivity contribution is 9.10. The zero-order valence-electron chi connectivity index (χ0n) is 21.4. The summed E-state index contributed by atoms with van der Waals surface area (Å²) in [6, 6.07) is 0.339. The largest absolute Gasteiger partial charge is 0.510 e. The molecule has 0 heterocycles. The molecule has 0 fully saturated rings. The summed E-state index contributed by atoms with van der Waals surface area (Å²) in [4.78, 5) is 52.4. The third-order valence-corrected chi connectivity index (χ3v) is 8.66. The smallest absolute Gasteiger partial charge is 0.255 e. The molecule has 3 unspecified atom stereocenters. The molecule has 5 atom stereocenters. The van der Waals surface area contributed by atoms with Gasteiger partial charge in [0.2, 0.25) is 11.7 Å². The fourth-order valence-electron chi connectivity index (χ4n) is 5.84. The number of halogens is 3. The molecule has 7 N–H and O–H groups in total. The lowest BCUT2D eigenvalue weighted by molar-refractivity contribution is -0.148. The van der Waals surface area contributed by atoms with Crippen LogP contribution in [0.3, 0.4) is 0 Å². The number of benzene rings is 1. The van der Waals surface area contributed by atoms with Crippen molar-refractivity contribution in [3.8, 4) is 5.75 Å². The van der Waals surface area contributed by atoms with Crippen LogP contribution < -0.4 is 11.1 Å². The van der Waals surface area contributed by atoms with Crippen LogP contribution in [0.15, 0.2) is 41.4 Å². The van der Waals surface area contributed by atoms with E-state index in [4.69, 9.17) is 17.3 Å². The molecular weight excluding hydrogens is 678 g/mol. The lowest BCUT2D eigenvalue weighted by Gasteiger charge is -2.50. The number of primary amides is 1. The number of phenols is 1. The molecule has 1 aromatic carbocycles. The van der Waals surface area contributed by atoms with Crippen molar-refractivity contribution in [1.82, 2.24) is 4.90 Å². The fourth-order valence-corrected chi connectivity index (χ4v) is 6.49. The molecule has 40 heavy (non-hydrogen) atoms. The highest BCUT2D eigenvalue weighted by Crippen LogP contribution is 2.53. The highest BCUT2D eigenvalue weighted by atomic mass is 79.9. The van der Waals surface area contributed by atoms with E-state index in [0.29, 0.717) is 5.56 Å². The molecular formula is C26H28Br2ClN3O8. The maximum absolute atomic E-state index is 13.7. The van der Waals surface area contributed by atoms with Crippen LogP contribution in [0.2, 0.25) is 5.02 Å². The third kappa shape index (κ3) is 4.67. The van der Waals surface area contributed by atoms with Gasteiger partial charge in [-0.25, -0.2) is 0 Å². The standard InChI is InChI=1S/C26H27BrClN3O8.BrH/c1-4-5-12(27)25(38)30-17-13(28)8-10-6-9-7-11-18(31(2)3)21(34)16(24(29)37)23(36)26(11,39)22(35)15(9)19(32)14(10)20(17)33;/h4,8-9,11-12,18,33-35,39H,1,5-7H2,2-3H3,(H2,29,37)(H,30,38);1H/t9?,11?,12?,18-,26-;/m0./s1. The van der Waals surface area contributed by atoms with E-state index in [2.05, 4.69) is 27.8 Å². The third-order valence-electron chi connectivity index (χ3n) is 7.57. The molecule has 11 nitrogen and oxygen atoms in total. The number of alkyl halides is 1. The van der Waals surface area contributed by atoms with Crippen molar-refractivity contribution < 1.29 is 39.6 Å². The Morgan fingerprint density at radius 1 is 1.32 bits per heavy atom. The second-order valence-electron chi connectivity index (χ2n) is 10.1. The number of hydrogen-bond acceptors (Lipinski definition) is 9. The van der Waals surface area contributed by atoms with E-state index in [1.54, 1.807) is 14.1 Å². The average Bonchev–Trinajstić information content (AvgIpc) is 2.83. The van der Waals surface area contributed by atoms with Crippen LogP contribution in [0.25, 0.3) is 0 Å². The maximum Gasteiger partial charge on any atom is 0.255 e. The molecule has 0 spiro atoms. The summed E-state index contributed by atoms with van der Waals surface area (Å²) in [5, 5.41) is 47.2. The fraction of sp³-hybridized carbons (Fsp3) is 0.385. The highest BCUT2D eigenvalue weighted by Gasteiger charge is 2.63. The van der Waals surface area contributed by atoms with Gasteiger partial charge >= 0.3 is 0 Å². The molecule has 0 bridgehead atoms. The number of hydrogen-bond donors (Lipinski definition) is 6. The number of phenolic OH excluding ortho intramolecular Hbond substituents is 1. The number of Topliss-reactive ketones (excluding diaryl/α,β-unsaturated/α-hetero) is 2. The van der Waals surface area contributed by atoms with E-state index < -0.39 is 74.5 Å². The molecule has 216 valence electrons. The molecule has 0 radical (unpaired) electrons. The lowest BCUT2D eigenvalue weighted by Crippen LogP contribution is -2.63. The molecule has 1 aromatic rings. The number of ketones is 2. The topological polar surface area (TPSA) is 190 Å². The van der Waals surface area contributed by atoms with E-state index in [1.807, 2.05) is 0 Å². The Labute approximate surface area is 253 Å². The van der Waals surface area contributed by atoms with E-state index in [0.717, 1.165) is 0 Å². The number of aliphatic hydroxyl groups is 3. The Bertz CT molecular complexity index is 1410. The molecule has 0 saturated carbocycles. The van der Waals surface area contributed by atoms with Gasteiger partial charge in [0.05, 0.1) is 21.5 Å². The Morgan fingerprint density at radius 3 is 2.50 bits per heavy atom. The number of aliphatic hydroxyl groups excluding tert-OH is 2. The minimum absolute atomic E-state index is 0. The number of rotatable bonds is 6. The van der Waals surface area contributed by atoms with Crippen LogP contribution >= 0.6 is 44.5 Å². The Balaban J connectivity index is 0.00000441. The van der Waals surface area contributed by atoms with Crippen molar-refractivity contribution >= 4 is 73.6 Å². The summed E-state index contributed by atoms with van der Waals surface area (Å²) in [6.45, 7) is 3.56. The molecule has 0 aromatic heterocycles. The number of amides is 2. The van der Waals surface area contributed by atoms with Crippen molar-refractivity contribution in [2.45, 2.75) is 35.7 Å². The van der Waals surface area contributed by atoms with Gasteiger partial charge in [0, 0.05) is 11.5 Å². The zero-order valence-corrected chi connectivity index (χ0v) is 25.5. The molecule has 0 saturated heterocycles. The van der Waals surface area contributed by atoms with Gasteiger partial charge in [-0.15, -0.1) is 23.6 Å². The minimum Gasteiger partial charge on any atom is -0.510 e. The first-order valence-corrected chi connectivity index (χ1v) is 13.2. The van der Waals surface area contributed by atoms with Crippen LogP contribution in [-0.4, -0.2) is 79.3 Å². The number of carbonyl (C=O) groups is 4. The normalized spacial score (nSPS) is 26.4. The van der Waals surface area contributed by atoms with Gasteiger partial charge in [-0.1, -0.05) is 33.6 Å². The number of nitrogens with two attached hydrogens (primary N) is 1. The predicted octanol–water partition coefficient (Wildman–Crippen LogP) is 2.63. The number of nitrogens with one attached hydrogen (secondary N) is 1. The van der Waals surface area contributed by atoms with Gasteiger partial charge in [0.1, 0.15) is 22.8 Å². The Kier molecular flexibility index (Phi) is 8.97. The van der Waals surface area contributed by atoms with Crippen molar-refractivity contribution in [2.75, 3.05) is 19.4 Å². The van der Waals surface area contributed by atoms with Gasteiger partial charge in [0.15, 0.2) is 17.1 Å². The quantitative estimate of drug-likeness (QED) is 0.112. The number of fused-ring (bicyclic) bond motifs is 3. The predicted molar refractivity (Wildman–Crippen MR) is 155 cm³/mol. The van der Waals surface area contributed by atoms with E-state index in [1.165, 1.54) is 17.0 Å². The van der Waals surface area contributed by atoms with Gasteiger partial charge < -0.3 is 31.5 Å². The monoisotopic (exact) mass is 703 g/mol. The number of aromatic hydroxyl groups is 1. The summed E-state index contributed by atoms with van der Waals surface area (Å²) in [5.41, 5.74) is 1.24. The number of carbonyl (C=O) groups excluding carboxylic acids is 4. The van der Waals surface area contributed by atoms with E-state index in [9.17, 15) is 39.6 Å². The first-order valence-electron chi connectivity index (χ1n) is 11.9. The van der Waals surface area contributed by atoms with Crippen LogP contribution in [0.1, 0.15) is 28.8 Å². The number of allylic oxidation sites excluding steroid dienone is 2. The first kappa shape index (κ1) is 31.8. The summed E-state index contributed by atoms with van der Waals surface area (Å²) >= 11 is 9.56. The van der Waals surface area contributed by atoms with E-state index >= 15 is 0 Å². The van der Waals surface area contributed by atoms with Crippen molar-refractivity contribution in [3.05, 3.63) is 57.5 Å². The lowest BCUT2D eigenvalue weighted by atomic mass is 9.58. The van der Waals surface area contributed by atoms with Crippen LogP contribution in [0.5, 0.6) is 5.75 Å². The molecule has 3 aliphatic rings. The molecule has 14 heteroatoms. The SMILES string of the molecule is Br.C=CCC(Br)C(=O)Nc1c(Cl)cc2c(c1O)C(=O)C1=C(O)[C@]3(O)C(=O)C(C(N)=O)=C(O)[C@@H](N(C)C)C3CC1C2. The van der Waals surface area contributed by atoms with Crippen molar-refractivity contribution in [3.63, 3.8) is 0 Å². The minimum atomic E-state index is -2.74. The average molecular weight is 706 g/mol. The summed E-state index contributed by atoms with van der Waals surface area (Å²) in [7, 11) is 3.10. The Morgan fingerprint density at radius 2 is 1.95 bits per heavy atom. The maximum atomic E-state index is 13.7. The van der Waals surface area contributed by atoms with E-state index in [-0.39, 0.29) is 58.1 Å². The first-order chi connectivity index (χ1) is 18.2. The summed E-state index contributed by atoms with van der Waals surface area (Å²) in [5.74, 6) is -8.19. The van der Waals surface area contributed by atoms with Crippen LogP contribution in [0.4, 0.5) is 5.69 Å². The van der Waals surface area contributed by atoms with Gasteiger partial charge in [0.25, 0.3) is 5.91 Å². The number of nitrogens with zero attached hydrogens (tertiary/aromatic N) is 1. The Hall–Kier alpha value is -2.71. The van der Waals surface area contributed by atoms with Crippen LogP contribution in [0, 0.1) is 11.8 Å². The zero-order chi connectivity index (χ0) is 29.1. The van der Waals surface area contributed by atoms with Crippen molar-refractivity contribution in [2.24, 2.45) is 17.6 Å². The van der Waals surface area contributed by atoms with Gasteiger partial charge in [-0.05, 0) is 50.9 Å². The molecule has 2 amide bonds. The number of likely N-dealkylation sites (N-methyl/N-ethyl adjacent to an activating group) is 1. The summed E-state index contributed by atoms with van der Waals surface area (Å²) < 4.78 is 0. The molecule has 3 aliphatic carbocycles. The van der Waals surface area contributed by atoms with Crippen molar-refractivity contribution in [1.29, 1.82) is 0 Å². The van der Waals surface area contributed by atoms with Gasteiger partial charge in [-0.2, -0.15) is 0 Å². The second-order valence-corrected chi connectivity index (χ2v) is 11.6. The number of anilines is 1. The molecule has 0 aliphatic heterocycles. The summed E-state index contributed by atoms with van der Waals surface area (Å²) in [6.07, 6.45) is 1.82. The molecule has 4 rings (SSSR count). The van der Waals surface area contributed by atoms with Crippen LogP contribution in [-0.2, 0) is 20.8 Å².